The molecule has 2 aromatic rings. The van der Waals surface area contributed by atoms with Crippen LogP contribution in [0.4, 0.5) is 0 Å². The average molecular weight is 447 g/mol. The molecule has 0 aliphatic carbocycles. The molecule has 0 atom stereocenters. The van der Waals surface area contributed by atoms with Crippen LogP contribution in [-0.2, 0) is 11.2 Å². The minimum Gasteiger partial charge on any atom is -0.490 e. The number of carbonyl (C=O) groups is 1. The van der Waals surface area contributed by atoms with Crippen molar-refractivity contribution in [3.63, 3.8) is 0 Å². The summed E-state index contributed by atoms with van der Waals surface area (Å²) in [6.45, 7) is 9.84. The zero-order chi connectivity index (χ0) is 15.2. The van der Waals surface area contributed by atoms with Crippen molar-refractivity contribution in [1.29, 1.82) is 0 Å². The van der Waals surface area contributed by atoms with Gasteiger partial charge in [0.25, 0.3) is 0 Å². The molecule has 0 saturated heterocycles. The number of aryl methyl sites for hydroxylation is 1. The van der Waals surface area contributed by atoms with E-state index in [2.05, 4.69) is 6.92 Å². The number of carboxylic acid groups (broad SMARTS) is 1. The molecule has 3 nitrogen and oxygen atoms in total. The Morgan fingerprint density at radius 2 is 1.74 bits per heavy atom. The number of hydrogen-bond acceptors (Lipinski definition) is 2. The SMILES string of the molecule is I.[CH-]=C(Oc1ccc(CCC(=O)O)cc1)c1ccccc1[CH2-].[K+]. The van der Waals surface area contributed by atoms with E-state index in [1.165, 1.54) is 0 Å². The van der Waals surface area contributed by atoms with Crippen molar-refractivity contribution in [1.82, 2.24) is 0 Å². The number of halogens is 1. The zero-order valence-electron chi connectivity index (χ0n) is 13.0. The molecular weight excluding hydrogens is 430 g/mol. The number of aliphatic carboxylic acids is 1. The summed E-state index contributed by atoms with van der Waals surface area (Å²) in [6, 6.07) is 14.7. The summed E-state index contributed by atoms with van der Waals surface area (Å²) in [5.74, 6) is 0.0914. The first-order chi connectivity index (χ1) is 10.1. The fraction of sp³-hybridized carbons (Fsp3) is 0.111. The minimum atomic E-state index is -0.806. The van der Waals surface area contributed by atoms with Gasteiger partial charge in [-0.1, -0.05) is 18.2 Å². The Hall–Kier alpha value is -0.314. The van der Waals surface area contributed by atoms with E-state index >= 15 is 0 Å². The Kier molecular flexibility index (Phi) is 11.1. The molecule has 0 bridgehead atoms. The van der Waals surface area contributed by atoms with Crippen LogP contribution in [0.2, 0.25) is 0 Å². The molecule has 0 aliphatic rings. The number of benzene rings is 2. The second-order valence-electron chi connectivity index (χ2n) is 4.66. The van der Waals surface area contributed by atoms with Gasteiger partial charge in [-0.2, -0.15) is 18.6 Å². The van der Waals surface area contributed by atoms with Gasteiger partial charge in [0.1, 0.15) is 5.75 Å². The smallest absolute Gasteiger partial charge is 0.490 e. The largest absolute Gasteiger partial charge is 1.00 e. The van der Waals surface area contributed by atoms with Gasteiger partial charge >= 0.3 is 57.4 Å². The first-order valence-electron chi connectivity index (χ1n) is 6.58. The molecule has 0 saturated carbocycles. The first kappa shape index (κ1) is 22.7. The number of carboxylic acids is 1. The quantitative estimate of drug-likeness (QED) is 0.315. The average Bonchev–Trinajstić information content (AvgIpc) is 2.47. The van der Waals surface area contributed by atoms with Crippen molar-refractivity contribution in [3.05, 3.63) is 78.7 Å². The molecule has 0 fully saturated rings. The summed E-state index contributed by atoms with van der Waals surface area (Å²) in [5, 5.41) is 8.65. The summed E-state index contributed by atoms with van der Waals surface area (Å²) < 4.78 is 5.60. The molecule has 0 spiro atoms. The van der Waals surface area contributed by atoms with Crippen LogP contribution in [0.25, 0.3) is 5.76 Å². The van der Waals surface area contributed by atoms with E-state index < -0.39 is 5.97 Å². The molecular formula is C18H17IKO3-. The number of rotatable bonds is 6. The van der Waals surface area contributed by atoms with E-state index in [4.69, 9.17) is 16.4 Å². The fourth-order valence-corrected chi connectivity index (χ4v) is 1.92. The van der Waals surface area contributed by atoms with Crippen LogP contribution in [0.3, 0.4) is 0 Å². The Bertz CT molecular complexity index is 654. The van der Waals surface area contributed by atoms with E-state index in [0.717, 1.165) is 16.7 Å². The van der Waals surface area contributed by atoms with Crippen LogP contribution in [0.1, 0.15) is 23.1 Å². The Balaban J connectivity index is 0.00000242. The van der Waals surface area contributed by atoms with Crippen molar-refractivity contribution < 1.29 is 66.0 Å². The molecule has 0 aromatic heterocycles. The summed E-state index contributed by atoms with van der Waals surface area (Å²) in [7, 11) is 0. The first-order valence-corrected chi connectivity index (χ1v) is 6.58. The maximum absolute atomic E-state index is 10.5. The second-order valence-corrected chi connectivity index (χ2v) is 4.66. The van der Waals surface area contributed by atoms with Gasteiger partial charge in [-0.25, -0.2) is 6.58 Å². The van der Waals surface area contributed by atoms with E-state index in [1.54, 1.807) is 12.1 Å². The second kappa shape index (κ2) is 11.3. The molecule has 1 N–H and O–H groups in total. The van der Waals surface area contributed by atoms with Crippen LogP contribution in [0, 0.1) is 13.5 Å². The van der Waals surface area contributed by atoms with Crippen molar-refractivity contribution in [3.8, 4) is 5.75 Å². The van der Waals surface area contributed by atoms with E-state index in [0.29, 0.717) is 17.9 Å². The topological polar surface area (TPSA) is 46.5 Å². The van der Waals surface area contributed by atoms with Crippen LogP contribution < -0.4 is 56.1 Å². The van der Waals surface area contributed by atoms with Gasteiger partial charge in [0, 0.05) is 6.42 Å². The van der Waals surface area contributed by atoms with E-state index in [-0.39, 0.29) is 81.8 Å². The van der Waals surface area contributed by atoms with Crippen LogP contribution in [-0.4, -0.2) is 11.1 Å². The monoisotopic (exact) mass is 447 g/mol. The van der Waals surface area contributed by atoms with Crippen molar-refractivity contribution in [2.45, 2.75) is 12.8 Å². The number of ether oxygens (including phenoxy) is 1. The zero-order valence-corrected chi connectivity index (χ0v) is 18.4. The van der Waals surface area contributed by atoms with Crippen molar-refractivity contribution >= 4 is 35.7 Å². The summed E-state index contributed by atoms with van der Waals surface area (Å²) in [4.78, 5) is 10.5. The summed E-state index contributed by atoms with van der Waals surface area (Å²) >= 11 is 0. The maximum atomic E-state index is 10.5. The minimum absolute atomic E-state index is 0. The molecule has 2 aromatic carbocycles. The van der Waals surface area contributed by atoms with Crippen LogP contribution in [0.15, 0.2) is 48.5 Å². The molecule has 23 heavy (non-hydrogen) atoms. The van der Waals surface area contributed by atoms with Crippen molar-refractivity contribution in [2.24, 2.45) is 0 Å². The Morgan fingerprint density at radius 3 is 2.30 bits per heavy atom. The molecule has 0 amide bonds. The Labute approximate surface area is 196 Å². The maximum Gasteiger partial charge on any atom is 1.00 e. The summed E-state index contributed by atoms with van der Waals surface area (Å²) in [5.41, 5.74) is 2.50. The van der Waals surface area contributed by atoms with Gasteiger partial charge in [-0.15, -0.1) is 41.7 Å². The van der Waals surface area contributed by atoms with Gasteiger partial charge < -0.3 is 9.84 Å². The van der Waals surface area contributed by atoms with E-state index in [1.807, 2.05) is 36.4 Å². The number of hydrogen-bond donors (Lipinski definition) is 1. The van der Waals surface area contributed by atoms with Crippen LogP contribution >= 0.6 is 24.0 Å². The molecule has 0 aliphatic heterocycles. The molecule has 0 radical (unpaired) electrons. The molecule has 5 heteroatoms. The van der Waals surface area contributed by atoms with Gasteiger partial charge in [0.05, 0.1) is 0 Å². The summed E-state index contributed by atoms with van der Waals surface area (Å²) in [6.07, 6.45) is 0.611. The van der Waals surface area contributed by atoms with Gasteiger partial charge in [-0.05, 0) is 29.9 Å². The molecule has 0 unspecified atom stereocenters. The standard InChI is InChI=1S/C18H16O3.HI.K/c1-13-5-3-4-6-17(13)14(2)21-16-10-7-15(8-11-16)9-12-18(19)20;;/h2-8,10-11H,1,9,12H2,(H,19,20);1H;/q-2;;+1. The molecule has 0 heterocycles. The Morgan fingerprint density at radius 1 is 1.13 bits per heavy atom. The third kappa shape index (κ3) is 7.41. The fourth-order valence-electron chi connectivity index (χ4n) is 1.92. The predicted molar refractivity (Wildman–Crippen MR) is 97.0 cm³/mol. The molecule has 116 valence electrons. The molecule has 2 rings (SSSR count). The predicted octanol–water partition coefficient (Wildman–Crippen LogP) is 1.36. The van der Waals surface area contributed by atoms with E-state index in [9.17, 15) is 4.79 Å². The van der Waals surface area contributed by atoms with Gasteiger partial charge in [0.2, 0.25) is 0 Å². The van der Waals surface area contributed by atoms with Crippen molar-refractivity contribution in [2.75, 3.05) is 0 Å². The van der Waals surface area contributed by atoms with Gasteiger partial charge in [-0.3, -0.25) is 4.79 Å². The van der Waals surface area contributed by atoms with Gasteiger partial charge in [0.15, 0.2) is 0 Å². The van der Waals surface area contributed by atoms with Crippen LogP contribution in [0.5, 0.6) is 5.75 Å². The third-order valence-electron chi connectivity index (χ3n) is 3.06. The third-order valence-corrected chi connectivity index (χ3v) is 3.06. The normalized spacial score (nSPS) is 9.22.